The van der Waals surface area contributed by atoms with Gasteiger partial charge < -0.3 is 10.2 Å². The summed E-state index contributed by atoms with van der Waals surface area (Å²) in [4.78, 5) is 1.89. The van der Waals surface area contributed by atoms with Crippen LogP contribution in [0.4, 0.5) is 24.5 Å². The quantitative estimate of drug-likeness (QED) is 0.649. The Bertz CT molecular complexity index is 1170. The number of nitrogens with one attached hydrogen (secondary N) is 2. The van der Waals surface area contributed by atoms with E-state index in [0.717, 1.165) is 17.5 Å². The summed E-state index contributed by atoms with van der Waals surface area (Å²) in [7, 11) is -4.12. The zero-order valence-corrected chi connectivity index (χ0v) is 16.7. The van der Waals surface area contributed by atoms with Gasteiger partial charge in [0.15, 0.2) is 0 Å². The van der Waals surface area contributed by atoms with Crippen molar-refractivity contribution in [1.82, 2.24) is 5.32 Å². The van der Waals surface area contributed by atoms with Crippen molar-refractivity contribution in [2.24, 2.45) is 0 Å². The second-order valence-electron chi connectivity index (χ2n) is 7.05. The van der Waals surface area contributed by atoms with Gasteiger partial charge in [0.1, 0.15) is 0 Å². The summed E-state index contributed by atoms with van der Waals surface area (Å²) in [6.07, 6.45) is -4.58. The molecule has 0 amide bonds. The molecular formula is C21H20F3N3O2S. The lowest BCUT2D eigenvalue weighted by atomic mass is 10.1. The van der Waals surface area contributed by atoms with E-state index in [0.29, 0.717) is 37.3 Å². The molecule has 3 aromatic carbocycles. The van der Waals surface area contributed by atoms with E-state index in [1.165, 1.54) is 12.1 Å². The van der Waals surface area contributed by atoms with Gasteiger partial charge in [-0.25, -0.2) is 8.42 Å². The molecule has 1 aliphatic heterocycles. The van der Waals surface area contributed by atoms with Crippen molar-refractivity contribution in [3.63, 3.8) is 0 Å². The smallest absolute Gasteiger partial charge is 0.367 e. The first-order valence-electron chi connectivity index (χ1n) is 9.43. The number of halogens is 3. The molecule has 0 atom stereocenters. The van der Waals surface area contributed by atoms with E-state index >= 15 is 0 Å². The highest BCUT2D eigenvalue weighted by atomic mass is 32.2. The van der Waals surface area contributed by atoms with Crippen molar-refractivity contribution in [3.05, 3.63) is 66.2 Å². The Morgan fingerprint density at radius 3 is 2.37 bits per heavy atom. The summed E-state index contributed by atoms with van der Waals surface area (Å²) >= 11 is 0. The van der Waals surface area contributed by atoms with Gasteiger partial charge in [-0.2, -0.15) is 13.2 Å². The Morgan fingerprint density at radius 1 is 0.933 bits per heavy atom. The van der Waals surface area contributed by atoms with E-state index in [9.17, 15) is 21.6 Å². The summed E-state index contributed by atoms with van der Waals surface area (Å²) in [5.41, 5.74) is -0.565. The first kappa shape index (κ1) is 20.5. The number of benzene rings is 3. The van der Waals surface area contributed by atoms with Gasteiger partial charge in [0, 0.05) is 31.6 Å². The first-order chi connectivity index (χ1) is 14.3. The molecule has 3 aromatic rings. The number of hydrogen-bond acceptors (Lipinski definition) is 4. The molecule has 1 fully saturated rings. The molecular weight excluding hydrogens is 415 g/mol. The fourth-order valence-corrected chi connectivity index (χ4v) is 4.90. The standard InChI is InChI=1S/C21H20F3N3O2S/c22-21(23,24)16-8-9-19(27-12-10-25-11-13-27)18(14-16)26-30(28,29)20-7-3-5-15-4-1-2-6-17(15)20/h1-9,14,25-26H,10-13H2. The lowest BCUT2D eigenvalue weighted by molar-refractivity contribution is -0.137. The molecule has 0 spiro atoms. The van der Waals surface area contributed by atoms with Crippen LogP contribution in [0.25, 0.3) is 10.8 Å². The van der Waals surface area contributed by atoms with Gasteiger partial charge in [-0.1, -0.05) is 36.4 Å². The average Bonchev–Trinajstić information content (AvgIpc) is 2.73. The summed E-state index contributed by atoms with van der Waals surface area (Å²) < 4.78 is 68.7. The highest BCUT2D eigenvalue weighted by Crippen LogP contribution is 2.37. The molecule has 0 unspecified atom stereocenters. The van der Waals surface area contributed by atoms with Crippen LogP contribution in [0.15, 0.2) is 65.6 Å². The minimum Gasteiger partial charge on any atom is -0.367 e. The number of alkyl halides is 3. The third kappa shape index (κ3) is 4.08. The molecule has 5 nitrogen and oxygen atoms in total. The maximum atomic E-state index is 13.3. The van der Waals surface area contributed by atoms with Gasteiger partial charge in [-0.05, 0) is 29.7 Å². The molecule has 9 heteroatoms. The number of nitrogens with zero attached hydrogens (tertiary/aromatic N) is 1. The number of sulfonamides is 1. The zero-order valence-electron chi connectivity index (χ0n) is 15.9. The number of rotatable bonds is 4. The van der Waals surface area contributed by atoms with Crippen LogP contribution in [0.1, 0.15) is 5.56 Å². The normalized spacial score (nSPS) is 15.4. The van der Waals surface area contributed by atoms with Crippen molar-refractivity contribution in [1.29, 1.82) is 0 Å². The van der Waals surface area contributed by atoms with E-state index < -0.39 is 21.8 Å². The maximum absolute atomic E-state index is 13.3. The largest absolute Gasteiger partial charge is 0.416 e. The van der Waals surface area contributed by atoms with Gasteiger partial charge in [0.05, 0.1) is 21.8 Å². The Kier molecular flexibility index (Phi) is 5.33. The van der Waals surface area contributed by atoms with Crippen LogP contribution in [0.3, 0.4) is 0 Å². The molecule has 4 rings (SSSR count). The van der Waals surface area contributed by atoms with E-state index in [-0.39, 0.29) is 10.6 Å². The number of hydrogen-bond donors (Lipinski definition) is 2. The topological polar surface area (TPSA) is 61.4 Å². The van der Waals surface area contributed by atoms with Crippen molar-refractivity contribution >= 4 is 32.2 Å². The van der Waals surface area contributed by atoms with Crippen molar-refractivity contribution in [3.8, 4) is 0 Å². The number of anilines is 2. The van der Waals surface area contributed by atoms with E-state index in [4.69, 9.17) is 0 Å². The second-order valence-corrected chi connectivity index (χ2v) is 8.70. The van der Waals surface area contributed by atoms with Gasteiger partial charge >= 0.3 is 6.18 Å². The van der Waals surface area contributed by atoms with Crippen molar-refractivity contribution < 1.29 is 21.6 Å². The summed E-state index contributed by atoms with van der Waals surface area (Å²) in [5.74, 6) is 0. The van der Waals surface area contributed by atoms with Crippen LogP contribution in [-0.2, 0) is 16.2 Å². The monoisotopic (exact) mass is 435 g/mol. The average molecular weight is 435 g/mol. The second kappa shape index (κ2) is 7.81. The molecule has 0 aliphatic carbocycles. The molecule has 2 N–H and O–H groups in total. The van der Waals surface area contributed by atoms with E-state index in [1.807, 2.05) is 4.90 Å². The fourth-order valence-electron chi connectivity index (χ4n) is 3.61. The summed E-state index contributed by atoms with van der Waals surface area (Å²) in [6, 6.07) is 15.0. The molecule has 1 saturated heterocycles. The minimum absolute atomic E-state index is 0.0178. The Labute approximate surface area is 172 Å². The van der Waals surface area contributed by atoms with Crippen LogP contribution >= 0.6 is 0 Å². The van der Waals surface area contributed by atoms with Crippen molar-refractivity contribution in [2.75, 3.05) is 35.8 Å². The zero-order chi connectivity index (χ0) is 21.4. The van der Waals surface area contributed by atoms with Crippen LogP contribution in [0, 0.1) is 0 Å². The van der Waals surface area contributed by atoms with Gasteiger partial charge in [0.2, 0.25) is 0 Å². The fraction of sp³-hybridized carbons (Fsp3) is 0.238. The lowest BCUT2D eigenvalue weighted by Gasteiger charge is -2.31. The van der Waals surface area contributed by atoms with Gasteiger partial charge in [-0.3, -0.25) is 4.72 Å². The third-order valence-corrected chi connectivity index (χ3v) is 6.49. The molecule has 0 radical (unpaired) electrons. The van der Waals surface area contributed by atoms with Crippen LogP contribution in [0.5, 0.6) is 0 Å². The highest BCUT2D eigenvalue weighted by Gasteiger charge is 2.32. The lowest BCUT2D eigenvalue weighted by Crippen LogP contribution is -2.43. The number of fused-ring (bicyclic) bond motifs is 1. The first-order valence-corrected chi connectivity index (χ1v) is 10.9. The molecule has 0 saturated carbocycles. The minimum atomic E-state index is -4.58. The molecule has 1 aliphatic rings. The van der Waals surface area contributed by atoms with Gasteiger partial charge in [0.25, 0.3) is 10.0 Å². The predicted molar refractivity (Wildman–Crippen MR) is 111 cm³/mol. The number of piperazine rings is 1. The Morgan fingerprint density at radius 2 is 1.63 bits per heavy atom. The van der Waals surface area contributed by atoms with E-state index in [1.54, 1.807) is 36.4 Å². The molecule has 30 heavy (non-hydrogen) atoms. The maximum Gasteiger partial charge on any atom is 0.416 e. The summed E-state index contributed by atoms with van der Waals surface area (Å²) in [6.45, 7) is 2.45. The Hall–Kier alpha value is -2.78. The molecule has 1 heterocycles. The molecule has 0 aromatic heterocycles. The van der Waals surface area contributed by atoms with Gasteiger partial charge in [-0.15, -0.1) is 0 Å². The molecule has 0 bridgehead atoms. The van der Waals surface area contributed by atoms with Crippen molar-refractivity contribution in [2.45, 2.75) is 11.1 Å². The summed E-state index contributed by atoms with van der Waals surface area (Å²) in [5, 5.41) is 4.40. The van der Waals surface area contributed by atoms with Crippen LogP contribution in [0.2, 0.25) is 0 Å². The Balaban J connectivity index is 1.80. The van der Waals surface area contributed by atoms with E-state index in [2.05, 4.69) is 10.0 Å². The van der Waals surface area contributed by atoms with Crippen LogP contribution in [-0.4, -0.2) is 34.6 Å². The highest BCUT2D eigenvalue weighted by molar-refractivity contribution is 7.93. The predicted octanol–water partition coefficient (Wildman–Crippen LogP) is 4.07. The third-order valence-electron chi connectivity index (χ3n) is 5.07. The molecule has 158 valence electrons. The van der Waals surface area contributed by atoms with Crippen LogP contribution < -0.4 is 14.9 Å². The SMILES string of the molecule is O=S(=O)(Nc1cc(C(F)(F)F)ccc1N1CCNCC1)c1cccc2ccccc12.